The number of likely N-dealkylation sites (tertiary alicyclic amines) is 1. The molecule has 2 atom stereocenters. The van der Waals surface area contributed by atoms with Gasteiger partial charge in [0, 0.05) is 31.5 Å². The van der Waals surface area contributed by atoms with Crippen molar-refractivity contribution in [3.63, 3.8) is 0 Å². The van der Waals surface area contributed by atoms with E-state index in [1.807, 2.05) is 4.90 Å². The van der Waals surface area contributed by atoms with E-state index in [9.17, 15) is 4.79 Å². The molecule has 5 heteroatoms. The van der Waals surface area contributed by atoms with Crippen LogP contribution in [0.2, 0.25) is 0 Å². The van der Waals surface area contributed by atoms with E-state index < -0.39 is 0 Å². The Kier molecular flexibility index (Phi) is 3.23. The number of amides is 1. The molecule has 2 saturated heterocycles. The average molecular weight is 246 g/mol. The average Bonchev–Trinajstić information content (AvgIpc) is 2.47. The summed E-state index contributed by atoms with van der Waals surface area (Å²) in [6, 6.07) is 0.602. The first-order valence-electron chi connectivity index (χ1n) is 6.63. The quantitative estimate of drug-likeness (QED) is 0.792. The highest BCUT2D eigenvalue weighted by Crippen LogP contribution is 2.25. The van der Waals surface area contributed by atoms with Crippen LogP contribution in [0.4, 0.5) is 0 Å². The summed E-state index contributed by atoms with van der Waals surface area (Å²) < 4.78 is 0. The summed E-state index contributed by atoms with van der Waals surface area (Å²) in [5, 5.41) is 3.55. The highest BCUT2D eigenvalue weighted by molar-refractivity contribution is 5.92. The molecule has 2 aliphatic rings. The lowest BCUT2D eigenvalue weighted by atomic mass is 9.85. The van der Waals surface area contributed by atoms with E-state index >= 15 is 0 Å². The number of rotatable bonds is 1. The number of carbonyl (C=O) groups excluding carboxylic acids is 1. The summed E-state index contributed by atoms with van der Waals surface area (Å²) in [4.78, 5) is 22.3. The van der Waals surface area contributed by atoms with Crippen molar-refractivity contribution in [2.75, 3.05) is 19.6 Å². The maximum atomic E-state index is 12.3. The van der Waals surface area contributed by atoms with Gasteiger partial charge in [-0.25, -0.2) is 4.98 Å². The molecule has 0 spiro atoms. The van der Waals surface area contributed by atoms with Crippen LogP contribution in [-0.2, 0) is 0 Å². The minimum absolute atomic E-state index is 0.0205. The van der Waals surface area contributed by atoms with E-state index in [-0.39, 0.29) is 5.91 Å². The minimum Gasteiger partial charge on any atom is -0.337 e. The molecule has 0 unspecified atom stereocenters. The molecule has 0 bridgehead atoms. The topological polar surface area (TPSA) is 58.1 Å². The van der Waals surface area contributed by atoms with Gasteiger partial charge in [-0.1, -0.05) is 0 Å². The predicted octanol–water partition coefficient (Wildman–Crippen LogP) is 0.691. The highest BCUT2D eigenvalue weighted by Gasteiger charge is 2.33. The summed E-state index contributed by atoms with van der Waals surface area (Å²) in [5.41, 5.74) is 0.458. The zero-order valence-electron chi connectivity index (χ0n) is 10.4. The number of nitrogens with one attached hydrogen (secondary N) is 1. The van der Waals surface area contributed by atoms with Gasteiger partial charge in [0.05, 0.1) is 6.20 Å². The number of aromatic nitrogens is 2. The molecule has 0 saturated carbocycles. The van der Waals surface area contributed by atoms with Crippen LogP contribution in [0.1, 0.15) is 29.8 Å². The van der Waals surface area contributed by atoms with Crippen molar-refractivity contribution >= 4 is 5.91 Å². The first kappa shape index (κ1) is 11.6. The molecule has 3 rings (SSSR count). The maximum absolute atomic E-state index is 12.3. The van der Waals surface area contributed by atoms with Gasteiger partial charge in [-0.3, -0.25) is 9.78 Å². The van der Waals surface area contributed by atoms with Gasteiger partial charge in [0.15, 0.2) is 0 Å². The normalized spacial score (nSPS) is 27.7. The Morgan fingerprint density at radius 1 is 1.39 bits per heavy atom. The fourth-order valence-corrected chi connectivity index (χ4v) is 3.00. The number of nitrogens with zero attached hydrogens (tertiary/aromatic N) is 3. The lowest BCUT2D eigenvalue weighted by Crippen LogP contribution is -2.53. The monoisotopic (exact) mass is 246 g/mol. The molecule has 5 nitrogen and oxygen atoms in total. The molecule has 2 aliphatic heterocycles. The molecule has 2 fully saturated rings. The SMILES string of the molecule is O=C(c1cnccn1)N1CC[C@@H]2NCCC[C@@H]2C1. The Bertz CT molecular complexity index is 422. The Labute approximate surface area is 107 Å². The van der Waals surface area contributed by atoms with Crippen molar-refractivity contribution in [2.45, 2.75) is 25.3 Å². The van der Waals surface area contributed by atoms with Gasteiger partial charge in [-0.15, -0.1) is 0 Å². The molecule has 3 heterocycles. The van der Waals surface area contributed by atoms with Gasteiger partial charge >= 0.3 is 0 Å². The van der Waals surface area contributed by atoms with Crippen LogP contribution in [0.3, 0.4) is 0 Å². The number of carbonyl (C=O) groups is 1. The summed E-state index contributed by atoms with van der Waals surface area (Å²) in [7, 11) is 0. The van der Waals surface area contributed by atoms with Crippen LogP contribution in [0, 0.1) is 5.92 Å². The first-order valence-corrected chi connectivity index (χ1v) is 6.63. The van der Waals surface area contributed by atoms with E-state index in [4.69, 9.17) is 0 Å². The molecule has 0 aliphatic carbocycles. The molecule has 1 aromatic rings. The lowest BCUT2D eigenvalue weighted by Gasteiger charge is -2.41. The van der Waals surface area contributed by atoms with Crippen LogP contribution < -0.4 is 5.32 Å². The Hall–Kier alpha value is -1.49. The third-order valence-corrected chi connectivity index (χ3v) is 3.96. The van der Waals surface area contributed by atoms with Crippen molar-refractivity contribution < 1.29 is 4.79 Å². The van der Waals surface area contributed by atoms with Crippen molar-refractivity contribution in [3.05, 3.63) is 24.3 Å². The third kappa shape index (κ3) is 2.22. The van der Waals surface area contributed by atoms with E-state index in [1.165, 1.54) is 12.8 Å². The van der Waals surface area contributed by atoms with Crippen LogP contribution in [0.25, 0.3) is 0 Å². The predicted molar refractivity (Wildman–Crippen MR) is 67.1 cm³/mol. The van der Waals surface area contributed by atoms with E-state index in [0.29, 0.717) is 17.7 Å². The fraction of sp³-hybridized carbons (Fsp3) is 0.615. The van der Waals surface area contributed by atoms with Crippen LogP contribution in [0.15, 0.2) is 18.6 Å². The lowest BCUT2D eigenvalue weighted by molar-refractivity contribution is 0.0586. The zero-order chi connectivity index (χ0) is 12.4. The van der Waals surface area contributed by atoms with E-state index in [2.05, 4.69) is 15.3 Å². The van der Waals surface area contributed by atoms with Crippen molar-refractivity contribution in [3.8, 4) is 0 Å². The molecule has 18 heavy (non-hydrogen) atoms. The van der Waals surface area contributed by atoms with Crippen LogP contribution in [-0.4, -0.2) is 46.5 Å². The number of hydrogen-bond donors (Lipinski definition) is 1. The van der Waals surface area contributed by atoms with Crippen molar-refractivity contribution in [1.29, 1.82) is 0 Å². The van der Waals surface area contributed by atoms with Crippen molar-refractivity contribution in [1.82, 2.24) is 20.2 Å². The fourth-order valence-electron chi connectivity index (χ4n) is 3.00. The highest BCUT2D eigenvalue weighted by atomic mass is 16.2. The second-order valence-corrected chi connectivity index (χ2v) is 5.09. The standard InChI is InChI=1S/C13H18N4O/c18-13(12-8-14-5-6-16-12)17-7-3-11-10(9-17)2-1-4-15-11/h5-6,8,10-11,15H,1-4,7,9H2/t10-,11+/m1/s1. The van der Waals surface area contributed by atoms with Crippen molar-refractivity contribution in [2.24, 2.45) is 5.92 Å². The minimum atomic E-state index is 0.0205. The molecule has 1 N–H and O–H groups in total. The molecule has 1 amide bonds. The molecule has 0 aromatic carbocycles. The summed E-state index contributed by atoms with van der Waals surface area (Å²) in [5.74, 6) is 0.625. The maximum Gasteiger partial charge on any atom is 0.274 e. The molecule has 96 valence electrons. The van der Waals surface area contributed by atoms with Gasteiger partial charge in [0.1, 0.15) is 5.69 Å². The summed E-state index contributed by atoms with van der Waals surface area (Å²) in [6.45, 7) is 2.80. The first-order chi connectivity index (χ1) is 8.84. The van der Waals surface area contributed by atoms with Crippen LogP contribution >= 0.6 is 0 Å². The molecule has 1 aromatic heterocycles. The Morgan fingerprint density at radius 3 is 3.17 bits per heavy atom. The largest absolute Gasteiger partial charge is 0.337 e. The molecular weight excluding hydrogens is 228 g/mol. The van der Waals surface area contributed by atoms with Gasteiger partial charge < -0.3 is 10.2 Å². The van der Waals surface area contributed by atoms with E-state index in [1.54, 1.807) is 18.6 Å². The third-order valence-electron chi connectivity index (χ3n) is 3.96. The number of fused-ring (bicyclic) bond motifs is 1. The van der Waals surface area contributed by atoms with E-state index in [0.717, 1.165) is 26.1 Å². The smallest absolute Gasteiger partial charge is 0.274 e. The van der Waals surface area contributed by atoms with Gasteiger partial charge in [-0.05, 0) is 31.7 Å². The zero-order valence-corrected chi connectivity index (χ0v) is 10.4. The Balaban J connectivity index is 1.69. The summed E-state index contributed by atoms with van der Waals surface area (Å²) in [6.07, 6.45) is 8.21. The van der Waals surface area contributed by atoms with Crippen LogP contribution in [0.5, 0.6) is 0 Å². The van der Waals surface area contributed by atoms with Gasteiger partial charge in [-0.2, -0.15) is 0 Å². The molecular formula is C13H18N4O. The second-order valence-electron chi connectivity index (χ2n) is 5.09. The van der Waals surface area contributed by atoms with Gasteiger partial charge in [0.25, 0.3) is 5.91 Å². The Morgan fingerprint density at radius 2 is 2.33 bits per heavy atom. The summed E-state index contributed by atoms with van der Waals surface area (Å²) >= 11 is 0. The number of hydrogen-bond acceptors (Lipinski definition) is 4. The van der Waals surface area contributed by atoms with Gasteiger partial charge in [0.2, 0.25) is 0 Å². The second kappa shape index (κ2) is 5.02. The number of piperidine rings is 2. The molecule has 0 radical (unpaired) electrons.